The summed E-state index contributed by atoms with van der Waals surface area (Å²) in [5.41, 5.74) is 1.68. The smallest absolute Gasteiger partial charge is 0.244 e. The van der Waals surface area contributed by atoms with Crippen molar-refractivity contribution in [2.75, 3.05) is 13.7 Å². The first kappa shape index (κ1) is 16.6. The number of methoxy groups -OCH3 is 1. The van der Waals surface area contributed by atoms with E-state index < -0.39 is 6.10 Å². The third-order valence-corrected chi connectivity index (χ3v) is 4.45. The molecule has 1 aliphatic heterocycles. The number of hydrogen-bond donors (Lipinski definition) is 1. The van der Waals surface area contributed by atoms with Gasteiger partial charge in [-0.2, -0.15) is 4.98 Å². The molecule has 3 heterocycles. The minimum atomic E-state index is -0.426. The Hall–Kier alpha value is -2.84. The average molecular weight is 353 g/mol. The second-order valence-electron chi connectivity index (χ2n) is 6.23. The molecule has 2 aromatic heterocycles. The normalized spacial score (nSPS) is 20.4. The molecule has 8 nitrogen and oxygen atoms in total. The van der Waals surface area contributed by atoms with E-state index in [2.05, 4.69) is 25.0 Å². The molecule has 0 saturated carbocycles. The molecule has 26 heavy (non-hydrogen) atoms. The van der Waals surface area contributed by atoms with E-state index in [1.54, 1.807) is 25.7 Å². The van der Waals surface area contributed by atoms with Crippen LogP contribution >= 0.6 is 0 Å². The summed E-state index contributed by atoms with van der Waals surface area (Å²) in [5, 5.41) is 14.1. The molecule has 0 aliphatic carbocycles. The average Bonchev–Trinajstić information content (AvgIpc) is 3.30. The van der Waals surface area contributed by atoms with Gasteiger partial charge in [0.05, 0.1) is 25.5 Å². The summed E-state index contributed by atoms with van der Waals surface area (Å²) < 4.78 is 10.6. The van der Waals surface area contributed by atoms with Crippen LogP contribution in [-0.4, -0.2) is 49.9 Å². The number of aliphatic hydroxyl groups excluding tert-OH is 1. The summed E-state index contributed by atoms with van der Waals surface area (Å²) in [4.78, 5) is 14.8. The van der Waals surface area contributed by atoms with E-state index in [0.717, 1.165) is 11.3 Å². The zero-order valence-electron chi connectivity index (χ0n) is 14.3. The van der Waals surface area contributed by atoms with Crippen molar-refractivity contribution < 1.29 is 14.4 Å². The summed E-state index contributed by atoms with van der Waals surface area (Å²) >= 11 is 0. The van der Waals surface area contributed by atoms with E-state index >= 15 is 0 Å². The molecule has 3 aromatic rings. The van der Waals surface area contributed by atoms with Crippen molar-refractivity contribution in [2.45, 2.75) is 25.1 Å². The molecule has 0 radical (unpaired) electrons. The predicted molar refractivity (Wildman–Crippen MR) is 92.1 cm³/mol. The number of ether oxygens (including phenoxy) is 1. The monoisotopic (exact) mass is 353 g/mol. The lowest BCUT2D eigenvalue weighted by atomic mass is 10.1. The van der Waals surface area contributed by atoms with E-state index in [1.165, 1.54) is 0 Å². The molecular formula is C18H19N5O3. The van der Waals surface area contributed by atoms with Crippen LogP contribution in [0.4, 0.5) is 0 Å². The molecule has 0 spiro atoms. The van der Waals surface area contributed by atoms with Crippen LogP contribution in [0.2, 0.25) is 0 Å². The lowest BCUT2D eigenvalue weighted by molar-refractivity contribution is 0.169. The molecule has 1 aliphatic rings. The fraction of sp³-hybridized carbons (Fsp3) is 0.333. The Kier molecular flexibility index (Phi) is 4.59. The van der Waals surface area contributed by atoms with Crippen molar-refractivity contribution in [1.82, 2.24) is 25.0 Å². The predicted octanol–water partition coefficient (Wildman–Crippen LogP) is 1.84. The SMILES string of the molecule is COc1ccc(CN2C[C@H](O)C[C@H]2c2nc(-c3cnccn3)no2)cc1. The third-order valence-electron chi connectivity index (χ3n) is 4.45. The number of nitrogens with zero attached hydrogens (tertiary/aromatic N) is 5. The number of rotatable bonds is 5. The zero-order chi connectivity index (χ0) is 17.9. The van der Waals surface area contributed by atoms with E-state index in [9.17, 15) is 5.11 Å². The molecule has 0 unspecified atom stereocenters. The van der Waals surface area contributed by atoms with Crippen LogP contribution in [-0.2, 0) is 6.54 Å². The molecule has 1 N–H and O–H groups in total. The highest BCUT2D eigenvalue weighted by molar-refractivity contribution is 5.45. The van der Waals surface area contributed by atoms with Gasteiger partial charge in [-0.25, -0.2) is 4.98 Å². The third kappa shape index (κ3) is 3.42. The standard InChI is InChI=1S/C18H19N5O3/c1-25-14-4-2-12(3-5-14)10-23-11-13(24)8-16(23)18-21-17(22-26-18)15-9-19-6-7-20-15/h2-7,9,13,16,24H,8,10-11H2,1H3/t13-,16+/m1/s1. The van der Waals surface area contributed by atoms with Gasteiger partial charge >= 0.3 is 0 Å². The fourth-order valence-corrected chi connectivity index (χ4v) is 3.17. The summed E-state index contributed by atoms with van der Waals surface area (Å²) in [6.45, 7) is 1.23. The molecule has 1 fully saturated rings. The van der Waals surface area contributed by atoms with Crippen LogP contribution < -0.4 is 4.74 Å². The van der Waals surface area contributed by atoms with Crippen LogP contribution in [0, 0.1) is 0 Å². The molecule has 1 saturated heterocycles. The van der Waals surface area contributed by atoms with Gasteiger partial charge < -0.3 is 14.4 Å². The van der Waals surface area contributed by atoms with Crippen LogP contribution in [0.1, 0.15) is 23.9 Å². The summed E-state index contributed by atoms with van der Waals surface area (Å²) in [6.07, 6.45) is 4.89. The molecular weight excluding hydrogens is 334 g/mol. The highest BCUT2D eigenvalue weighted by Gasteiger charge is 2.36. The number of hydrogen-bond acceptors (Lipinski definition) is 8. The van der Waals surface area contributed by atoms with Gasteiger partial charge in [0.25, 0.3) is 0 Å². The minimum absolute atomic E-state index is 0.134. The second kappa shape index (κ2) is 7.19. The number of aliphatic hydroxyl groups is 1. The van der Waals surface area contributed by atoms with Gasteiger partial charge in [-0.15, -0.1) is 0 Å². The van der Waals surface area contributed by atoms with Crippen molar-refractivity contribution in [2.24, 2.45) is 0 Å². The Morgan fingerprint density at radius 2 is 2.12 bits per heavy atom. The molecule has 1 aromatic carbocycles. The van der Waals surface area contributed by atoms with Crippen LogP contribution in [0.15, 0.2) is 47.4 Å². The van der Waals surface area contributed by atoms with Gasteiger partial charge in [0, 0.05) is 25.5 Å². The Morgan fingerprint density at radius 1 is 1.27 bits per heavy atom. The molecule has 8 heteroatoms. The van der Waals surface area contributed by atoms with Crippen molar-refractivity contribution in [3.63, 3.8) is 0 Å². The molecule has 0 amide bonds. The first-order valence-electron chi connectivity index (χ1n) is 8.38. The van der Waals surface area contributed by atoms with Crippen molar-refractivity contribution >= 4 is 0 Å². The van der Waals surface area contributed by atoms with Gasteiger partial charge in [0.1, 0.15) is 11.4 Å². The summed E-state index contributed by atoms with van der Waals surface area (Å²) in [6, 6.07) is 7.74. The Morgan fingerprint density at radius 3 is 2.85 bits per heavy atom. The minimum Gasteiger partial charge on any atom is -0.497 e. The van der Waals surface area contributed by atoms with Crippen LogP contribution in [0.25, 0.3) is 11.5 Å². The topological polar surface area (TPSA) is 97.4 Å². The van der Waals surface area contributed by atoms with Crippen LogP contribution in [0.5, 0.6) is 5.75 Å². The van der Waals surface area contributed by atoms with Crippen molar-refractivity contribution in [1.29, 1.82) is 0 Å². The van der Waals surface area contributed by atoms with Crippen molar-refractivity contribution in [3.8, 4) is 17.3 Å². The number of β-amino-alcohol motifs (C(OH)–C–C–N with tert-alkyl or cyclic N) is 1. The second-order valence-corrected chi connectivity index (χ2v) is 6.23. The maximum absolute atomic E-state index is 10.1. The first-order valence-corrected chi connectivity index (χ1v) is 8.38. The van der Waals surface area contributed by atoms with Gasteiger partial charge in [-0.3, -0.25) is 9.88 Å². The Labute approximate surface area is 150 Å². The summed E-state index contributed by atoms with van der Waals surface area (Å²) in [5.74, 6) is 1.70. The van der Waals surface area contributed by atoms with Crippen molar-refractivity contribution in [3.05, 3.63) is 54.3 Å². The zero-order valence-corrected chi connectivity index (χ0v) is 14.3. The Balaban J connectivity index is 1.53. The van der Waals surface area contributed by atoms with Crippen LogP contribution in [0.3, 0.4) is 0 Å². The molecule has 4 rings (SSSR count). The maximum Gasteiger partial charge on any atom is 0.244 e. The highest BCUT2D eigenvalue weighted by Crippen LogP contribution is 2.33. The fourth-order valence-electron chi connectivity index (χ4n) is 3.17. The van der Waals surface area contributed by atoms with E-state index in [-0.39, 0.29) is 6.04 Å². The van der Waals surface area contributed by atoms with Gasteiger partial charge in [-0.05, 0) is 24.1 Å². The number of benzene rings is 1. The lowest BCUT2D eigenvalue weighted by Crippen LogP contribution is -2.24. The van der Waals surface area contributed by atoms with E-state index in [1.807, 2.05) is 24.3 Å². The molecule has 134 valence electrons. The van der Waals surface area contributed by atoms with Gasteiger partial charge in [0.2, 0.25) is 11.7 Å². The highest BCUT2D eigenvalue weighted by atomic mass is 16.5. The van der Waals surface area contributed by atoms with Gasteiger partial charge in [-0.1, -0.05) is 17.3 Å². The van der Waals surface area contributed by atoms with E-state index in [4.69, 9.17) is 9.26 Å². The quantitative estimate of drug-likeness (QED) is 0.742. The van der Waals surface area contributed by atoms with E-state index in [0.29, 0.717) is 36.9 Å². The maximum atomic E-state index is 10.1. The number of likely N-dealkylation sites (tertiary alicyclic amines) is 1. The lowest BCUT2D eigenvalue weighted by Gasteiger charge is -2.21. The largest absolute Gasteiger partial charge is 0.497 e. The molecule has 0 bridgehead atoms. The number of aromatic nitrogens is 4. The Bertz CT molecular complexity index is 853. The summed E-state index contributed by atoms with van der Waals surface area (Å²) in [7, 11) is 1.64. The molecule has 2 atom stereocenters. The first-order chi connectivity index (χ1) is 12.7. The van der Waals surface area contributed by atoms with Gasteiger partial charge in [0.15, 0.2) is 0 Å².